The summed E-state index contributed by atoms with van der Waals surface area (Å²) in [6.45, 7) is 2.78. The zero-order valence-corrected chi connectivity index (χ0v) is 17.2. The predicted octanol–water partition coefficient (Wildman–Crippen LogP) is 2.54. The van der Waals surface area contributed by atoms with Crippen molar-refractivity contribution in [2.24, 2.45) is 0 Å². The van der Waals surface area contributed by atoms with Crippen molar-refractivity contribution in [2.45, 2.75) is 30.3 Å². The van der Waals surface area contributed by atoms with Crippen LogP contribution in [0.5, 0.6) is 0 Å². The van der Waals surface area contributed by atoms with Crippen molar-refractivity contribution in [1.29, 1.82) is 0 Å². The summed E-state index contributed by atoms with van der Waals surface area (Å²) in [5.74, 6) is 0.542. The maximum Gasteiger partial charge on any atom is 0.337 e. The molecule has 2 aromatic carbocycles. The van der Waals surface area contributed by atoms with Crippen molar-refractivity contribution in [3.05, 3.63) is 70.8 Å². The number of methoxy groups -OCH3 is 1. The number of hydrogen-bond donors (Lipinski definition) is 3. The monoisotopic (exact) mass is 412 g/mol. The first-order valence-corrected chi connectivity index (χ1v) is 10.5. The highest BCUT2D eigenvalue weighted by Gasteiger charge is 2.43. The van der Waals surface area contributed by atoms with Gasteiger partial charge >= 0.3 is 12.0 Å². The number of ether oxygens (including phenoxy) is 1. The number of hydrazine groups is 1. The fourth-order valence-corrected chi connectivity index (χ4v) is 4.56. The number of nitrogens with one attached hydrogen (secondary N) is 3. The summed E-state index contributed by atoms with van der Waals surface area (Å²) in [6, 6.07) is 15.7. The highest BCUT2D eigenvalue weighted by molar-refractivity contribution is 7.99. The maximum absolute atomic E-state index is 12.5. The minimum absolute atomic E-state index is 0.106. The molecule has 0 spiro atoms. The van der Waals surface area contributed by atoms with Gasteiger partial charge in [-0.3, -0.25) is 5.32 Å². The zero-order chi connectivity index (χ0) is 20.4. The van der Waals surface area contributed by atoms with Crippen molar-refractivity contribution in [3.8, 4) is 0 Å². The van der Waals surface area contributed by atoms with Crippen molar-refractivity contribution in [2.75, 3.05) is 13.7 Å². The average Bonchev–Trinajstić information content (AvgIpc) is 3.17. The van der Waals surface area contributed by atoms with Crippen LogP contribution in [-0.2, 0) is 10.5 Å². The predicted molar refractivity (Wildman–Crippen MR) is 112 cm³/mol. The van der Waals surface area contributed by atoms with Gasteiger partial charge in [-0.1, -0.05) is 42.0 Å². The lowest BCUT2D eigenvalue weighted by Crippen LogP contribution is -2.65. The Balaban J connectivity index is 1.40. The number of fused-ring (bicyclic) bond motifs is 1. The fourth-order valence-electron chi connectivity index (χ4n) is 3.59. The van der Waals surface area contributed by atoms with Crippen molar-refractivity contribution in [1.82, 2.24) is 21.1 Å². The number of nitrogens with zero attached hydrogens (tertiary/aromatic N) is 1. The lowest BCUT2D eigenvalue weighted by molar-refractivity contribution is 0.0600. The molecule has 0 bridgehead atoms. The van der Waals surface area contributed by atoms with Gasteiger partial charge in [0.15, 0.2) is 0 Å². The summed E-state index contributed by atoms with van der Waals surface area (Å²) in [4.78, 5) is 24.1. The van der Waals surface area contributed by atoms with Gasteiger partial charge in [-0.15, -0.1) is 11.8 Å². The number of aryl methyl sites for hydroxylation is 1. The molecule has 2 aliphatic rings. The van der Waals surface area contributed by atoms with E-state index in [2.05, 4.69) is 47.2 Å². The third-order valence-corrected chi connectivity index (χ3v) is 6.32. The first kappa shape index (κ1) is 19.8. The Morgan fingerprint density at radius 2 is 1.90 bits per heavy atom. The number of rotatable bonds is 5. The summed E-state index contributed by atoms with van der Waals surface area (Å²) in [6.07, 6.45) is -0.106. The van der Waals surface area contributed by atoms with E-state index in [1.807, 2.05) is 12.1 Å². The summed E-state index contributed by atoms with van der Waals surface area (Å²) < 4.78 is 4.72. The van der Waals surface area contributed by atoms with Gasteiger partial charge in [0.2, 0.25) is 0 Å². The van der Waals surface area contributed by atoms with Gasteiger partial charge in [0.1, 0.15) is 11.7 Å². The molecule has 4 rings (SSSR count). The highest BCUT2D eigenvalue weighted by atomic mass is 32.2. The average molecular weight is 413 g/mol. The Morgan fingerprint density at radius 1 is 1.17 bits per heavy atom. The molecule has 7 nitrogen and oxygen atoms in total. The van der Waals surface area contributed by atoms with Gasteiger partial charge in [0.05, 0.1) is 12.7 Å². The number of hydrogen-bond acceptors (Lipinski definition) is 6. The largest absolute Gasteiger partial charge is 0.465 e. The van der Waals surface area contributed by atoms with Crippen LogP contribution in [0.2, 0.25) is 0 Å². The van der Waals surface area contributed by atoms with Crippen molar-refractivity contribution >= 4 is 23.8 Å². The van der Waals surface area contributed by atoms with E-state index in [0.717, 1.165) is 5.56 Å². The number of thioether (sulfide) groups is 1. The quantitative estimate of drug-likeness (QED) is 0.655. The van der Waals surface area contributed by atoms with E-state index in [-0.39, 0.29) is 29.6 Å². The van der Waals surface area contributed by atoms with Crippen LogP contribution >= 0.6 is 11.8 Å². The SMILES string of the molecule is COC(=O)c1ccc(CSC2NC(=O)N3NCC(c4ccc(C)cc4)C3N2)cc1. The van der Waals surface area contributed by atoms with E-state index in [4.69, 9.17) is 4.74 Å². The molecule has 2 fully saturated rings. The smallest absolute Gasteiger partial charge is 0.337 e. The normalized spacial score (nSPS) is 23.4. The number of carbonyl (C=O) groups excluding carboxylic acids is 2. The summed E-state index contributed by atoms with van der Waals surface area (Å²) in [5, 5.41) is 8.16. The summed E-state index contributed by atoms with van der Waals surface area (Å²) in [7, 11) is 1.37. The van der Waals surface area contributed by atoms with Crippen LogP contribution in [0.25, 0.3) is 0 Å². The third-order valence-electron chi connectivity index (χ3n) is 5.23. The number of benzene rings is 2. The Hall–Kier alpha value is -2.55. The van der Waals surface area contributed by atoms with E-state index >= 15 is 0 Å². The van der Waals surface area contributed by atoms with Crippen molar-refractivity contribution < 1.29 is 14.3 Å². The molecule has 3 unspecified atom stereocenters. The van der Waals surface area contributed by atoms with Gasteiger partial charge in [0, 0.05) is 18.2 Å². The molecule has 0 saturated carbocycles. The molecule has 3 N–H and O–H groups in total. The van der Waals surface area contributed by atoms with Gasteiger partial charge in [-0.2, -0.15) is 0 Å². The molecular formula is C21H24N4O3S. The van der Waals surface area contributed by atoms with Crippen LogP contribution in [0.3, 0.4) is 0 Å². The second kappa shape index (κ2) is 8.44. The van der Waals surface area contributed by atoms with Crippen LogP contribution in [0.1, 0.15) is 33.0 Å². The van der Waals surface area contributed by atoms with Crippen LogP contribution < -0.4 is 16.1 Å². The highest BCUT2D eigenvalue weighted by Crippen LogP contribution is 2.30. The van der Waals surface area contributed by atoms with E-state index in [1.165, 1.54) is 18.2 Å². The third kappa shape index (κ3) is 4.24. The van der Waals surface area contributed by atoms with E-state index < -0.39 is 0 Å². The van der Waals surface area contributed by atoms with Gasteiger partial charge in [0.25, 0.3) is 0 Å². The van der Waals surface area contributed by atoms with Crippen LogP contribution in [0.4, 0.5) is 4.79 Å². The number of urea groups is 1. The second-order valence-corrected chi connectivity index (χ2v) is 8.28. The van der Waals surface area contributed by atoms with E-state index in [9.17, 15) is 9.59 Å². The maximum atomic E-state index is 12.5. The van der Waals surface area contributed by atoms with Gasteiger partial charge < -0.3 is 10.1 Å². The Labute approximate surface area is 174 Å². The van der Waals surface area contributed by atoms with Crippen LogP contribution in [0.15, 0.2) is 48.5 Å². The molecule has 8 heteroatoms. The van der Waals surface area contributed by atoms with E-state index in [0.29, 0.717) is 17.9 Å². The van der Waals surface area contributed by atoms with Gasteiger partial charge in [-0.05, 0) is 30.2 Å². The lowest BCUT2D eigenvalue weighted by Gasteiger charge is -2.37. The van der Waals surface area contributed by atoms with Crippen molar-refractivity contribution in [3.63, 3.8) is 0 Å². The molecule has 2 aliphatic heterocycles. The molecule has 0 aromatic heterocycles. The number of amides is 2. The Kier molecular flexibility index (Phi) is 5.75. The minimum Gasteiger partial charge on any atom is -0.465 e. The number of esters is 1. The molecular weight excluding hydrogens is 388 g/mol. The first-order chi connectivity index (χ1) is 14.0. The molecule has 29 heavy (non-hydrogen) atoms. The number of carbonyl (C=O) groups is 2. The first-order valence-electron chi connectivity index (χ1n) is 9.50. The molecule has 152 valence electrons. The minimum atomic E-state index is -0.346. The zero-order valence-electron chi connectivity index (χ0n) is 16.3. The topological polar surface area (TPSA) is 82.7 Å². The summed E-state index contributed by atoms with van der Waals surface area (Å²) >= 11 is 1.61. The molecule has 2 aromatic rings. The summed E-state index contributed by atoms with van der Waals surface area (Å²) in [5.41, 5.74) is 7.02. The Bertz CT molecular complexity index is 888. The van der Waals surface area contributed by atoms with E-state index in [1.54, 1.807) is 28.9 Å². The van der Waals surface area contributed by atoms with Crippen LogP contribution in [-0.4, -0.2) is 42.3 Å². The molecule has 0 radical (unpaired) electrons. The molecule has 2 saturated heterocycles. The molecule has 2 amide bonds. The lowest BCUT2D eigenvalue weighted by atomic mass is 9.96. The standard InChI is InChI=1S/C21H24N4O3S/c1-13-3-7-15(8-4-13)17-11-22-25-18(17)23-20(24-21(25)27)29-12-14-5-9-16(10-6-14)19(26)28-2/h3-10,17-18,20,22-23H,11-12H2,1-2H3,(H,24,27). The fraction of sp³-hybridized carbons (Fsp3) is 0.333. The molecule has 2 heterocycles. The molecule has 0 aliphatic carbocycles. The van der Waals surface area contributed by atoms with Crippen LogP contribution in [0, 0.1) is 6.92 Å². The second-order valence-electron chi connectivity index (χ2n) is 7.19. The van der Waals surface area contributed by atoms with Gasteiger partial charge in [-0.25, -0.2) is 20.0 Å². The molecule has 3 atom stereocenters. The Morgan fingerprint density at radius 3 is 2.59 bits per heavy atom.